The summed E-state index contributed by atoms with van der Waals surface area (Å²) in [5.41, 5.74) is 2.55. The molecular formula is C25H30FN2O5P. The molecule has 1 amide bonds. The number of fused-ring (bicyclic) bond motifs is 2. The molecule has 0 radical (unpaired) electrons. The van der Waals surface area contributed by atoms with Crippen molar-refractivity contribution in [1.82, 2.24) is 4.90 Å². The lowest BCUT2D eigenvalue weighted by Crippen LogP contribution is -2.41. The first-order chi connectivity index (χ1) is 16.1. The number of benzene rings is 1. The van der Waals surface area contributed by atoms with E-state index >= 15 is 0 Å². The van der Waals surface area contributed by atoms with Crippen molar-refractivity contribution in [3.05, 3.63) is 69.8 Å². The second-order valence-electron chi connectivity index (χ2n) is 8.97. The molecule has 34 heavy (non-hydrogen) atoms. The highest BCUT2D eigenvalue weighted by molar-refractivity contribution is 7.54. The quantitative estimate of drug-likeness (QED) is 0.540. The molecule has 4 rings (SSSR count). The van der Waals surface area contributed by atoms with Crippen LogP contribution in [-0.4, -0.2) is 61.1 Å². The number of rotatable bonds is 8. The van der Waals surface area contributed by atoms with Crippen LogP contribution >= 0.6 is 7.60 Å². The van der Waals surface area contributed by atoms with Gasteiger partial charge < -0.3 is 19.1 Å². The number of likely N-dealkylation sites (tertiary alicyclic amines) is 1. The highest BCUT2D eigenvalue weighted by atomic mass is 31.2. The van der Waals surface area contributed by atoms with Crippen LogP contribution < -0.4 is 0 Å². The van der Waals surface area contributed by atoms with Crippen LogP contribution in [0.1, 0.15) is 26.3 Å². The molecule has 0 saturated carbocycles. The number of amides is 1. The molecule has 2 heterocycles. The molecule has 3 aliphatic rings. The Morgan fingerprint density at radius 1 is 1.24 bits per heavy atom. The Hall–Kier alpha value is -2.54. The number of hydrogen-bond acceptors (Lipinski definition) is 6. The molecular weight excluding hydrogens is 458 g/mol. The second kappa shape index (κ2) is 9.25. The van der Waals surface area contributed by atoms with E-state index in [0.717, 1.165) is 16.7 Å². The summed E-state index contributed by atoms with van der Waals surface area (Å²) < 4.78 is 38.1. The Morgan fingerprint density at radius 3 is 2.50 bits per heavy atom. The number of likely N-dealkylation sites (N-methyl/N-ethyl adjacent to an activating group) is 1. The van der Waals surface area contributed by atoms with Crippen LogP contribution in [0.2, 0.25) is 0 Å². The van der Waals surface area contributed by atoms with E-state index in [0.29, 0.717) is 18.5 Å². The van der Waals surface area contributed by atoms with Crippen LogP contribution in [0.5, 0.6) is 0 Å². The summed E-state index contributed by atoms with van der Waals surface area (Å²) in [6, 6.07) is 5.53. The minimum Gasteiger partial charge on any atom is -0.509 e. The number of hydrogen-bond donors (Lipinski definition) is 1. The fraction of sp³-hybridized carbons (Fsp3) is 0.440. The summed E-state index contributed by atoms with van der Waals surface area (Å²) in [4.78, 5) is 19.0. The number of aliphatic imine (C=N–C) groups is 1. The number of carbonyl (C=O) groups is 1. The number of nitrogens with zero attached hydrogens (tertiary/aromatic N) is 2. The van der Waals surface area contributed by atoms with Gasteiger partial charge >= 0.3 is 7.60 Å². The molecule has 0 aromatic heterocycles. The number of halogens is 1. The summed E-state index contributed by atoms with van der Waals surface area (Å²) in [6.45, 7) is 6.17. The lowest BCUT2D eigenvalue weighted by molar-refractivity contribution is -0.123. The van der Waals surface area contributed by atoms with Crippen molar-refractivity contribution < 1.29 is 27.9 Å². The molecule has 182 valence electrons. The highest BCUT2D eigenvalue weighted by Gasteiger charge is 2.52. The predicted molar refractivity (Wildman–Crippen MR) is 129 cm³/mol. The van der Waals surface area contributed by atoms with Crippen LogP contribution in [0.25, 0.3) is 0 Å². The van der Waals surface area contributed by atoms with Crippen LogP contribution in [0, 0.1) is 11.2 Å². The minimum atomic E-state index is -3.51. The first-order valence-corrected chi connectivity index (χ1v) is 13.1. The second-order valence-corrected chi connectivity index (χ2v) is 11.0. The third-order valence-corrected chi connectivity index (χ3v) is 8.56. The van der Waals surface area contributed by atoms with Gasteiger partial charge in [-0.25, -0.2) is 4.39 Å². The summed E-state index contributed by atoms with van der Waals surface area (Å²) in [6.07, 6.45) is 4.20. The van der Waals surface area contributed by atoms with Crippen LogP contribution in [0.4, 0.5) is 4.39 Å². The maximum atomic E-state index is 13.6. The van der Waals surface area contributed by atoms with E-state index in [2.05, 4.69) is 4.99 Å². The van der Waals surface area contributed by atoms with Gasteiger partial charge in [0.15, 0.2) is 0 Å². The zero-order valence-electron chi connectivity index (χ0n) is 19.9. The molecule has 1 saturated heterocycles. The van der Waals surface area contributed by atoms with E-state index in [1.54, 1.807) is 39.2 Å². The standard InChI is InChI=1S/C25H30FN2O5P/c1-5-32-34(31,33-6-2)15-20-19-14-28(4)24(30)21(19)22(29)23-25(20,3)12-17(13-27-23)11-16-7-9-18(26)10-8-16/h7-10,12-13,23,29H,5-6,11,14-15H2,1-4H3. The van der Waals surface area contributed by atoms with Crippen LogP contribution in [0.15, 0.2) is 63.4 Å². The molecule has 1 aromatic carbocycles. The van der Waals surface area contributed by atoms with Crippen molar-refractivity contribution in [1.29, 1.82) is 0 Å². The molecule has 7 nitrogen and oxygen atoms in total. The van der Waals surface area contributed by atoms with Crippen LogP contribution in [0.3, 0.4) is 0 Å². The summed E-state index contributed by atoms with van der Waals surface area (Å²) in [5, 5.41) is 11.1. The van der Waals surface area contributed by atoms with Crippen molar-refractivity contribution in [3.63, 3.8) is 0 Å². The van der Waals surface area contributed by atoms with E-state index in [1.807, 2.05) is 13.0 Å². The largest absolute Gasteiger partial charge is 0.509 e. The first-order valence-electron chi connectivity index (χ1n) is 11.4. The van der Waals surface area contributed by atoms with Gasteiger partial charge in [-0.05, 0) is 61.6 Å². The zero-order chi connectivity index (χ0) is 24.7. The smallest absolute Gasteiger partial charge is 0.334 e. The molecule has 1 N–H and O–H groups in total. The maximum absolute atomic E-state index is 13.6. The van der Waals surface area contributed by atoms with Gasteiger partial charge in [-0.2, -0.15) is 0 Å². The summed E-state index contributed by atoms with van der Waals surface area (Å²) in [7, 11) is -1.84. The zero-order valence-corrected chi connectivity index (χ0v) is 20.8. The van der Waals surface area contributed by atoms with E-state index in [9.17, 15) is 18.9 Å². The van der Waals surface area contributed by atoms with Gasteiger partial charge in [-0.1, -0.05) is 18.2 Å². The van der Waals surface area contributed by atoms with Gasteiger partial charge in [0.25, 0.3) is 5.91 Å². The van der Waals surface area contributed by atoms with Crippen molar-refractivity contribution >= 4 is 19.7 Å². The minimum absolute atomic E-state index is 0.00917. The monoisotopic (exact) mass is 488 g/mol. The van der Waals surface area contributed by atoms with Gasteiger partial charge in [-0.3, -0.25) is 14.4 Å². The van der Waals surface area contributed by atoms with E-state index in [-0.39, 0.29) is 42.4 Å². The molecule has 9 heteroatoms. The van der Waals surface area contributed by atoms with Gasteiger partial charge in [0.2, 0.25) is 0 Å². The Balaban J connectivity index is 1.82. The van der Waals surface area contributed by atoms with Gasteiger partial charge in [0.05, 0.1) is 24.9 Å². The fourth-order valence-corrected chi connectivity index (χ4v) is 6.99. The molecule has 1 aromatic rings. The Labute approximate surface area is 199 Å². The molecule has 2 aliphatic heterocycles. The Kier molecular flexibility index (Phi) is 6.69. The lowest BCUT2D eigenvalue weighted by Gasteiger charge is -2.42. The van der Waals surface area contributed by atoms with E-state index in [4.69, 9.17) is 9.05 Å². The molecule has 1 aliphatic carbocycles. The average Bonchev–Trinajstić information content (AvgIpc) is 3.07. The highest BCUT2D eigenvalue weighted by Crippen LogP contribution is 2.57. The molecule has 2 atom stereocenters. The van der Waals surface area contributed by atoms with E-state index < -0.39 is 19.1 Å². The van der Waals surface area contributed by atoms with Gasteiger partial charge in [-0.15, -0.1) is 0 Å². The number of dihydropyridines is 1. The van der Waals surface area contributed by atoms with Crippen molar-refractivity contribution in [2.24, 2.45) is 10.4 Å². The Bertz CT molecular complexity index is 1160. The first kappa shape index (κ1) is 24.6. The number of carbonyl (C=O) groups excluding carboxylic acids is 1. The molecule has 0 bridgehead atoms. The van der Waals surface area contributed by atoms with Crippen molar-refractivity contribution in [2.75, 3.05) is 33.0 Å². The predicted octanol–water partition coefficient (Wildman–Crippen LogP) is 4.61. The molecule has 1 fully saturated rings. The summed E-state index contributed by atoms with van der Waals surface area (Å²) in [5.74, 6) is -0.667. The van der Waals surface area contributed by atoms with Crippen molar-refractivity contribution in [3.8, 4) is 0 Å². The average molecular weight is 488 g/mol. The number of aliphatic hydroxyl groups excluding tert-OH is 1. The van der Waals surface area contributed by atoms with Crippen LogP contribution in [-0.2, 0) is 24.8 Å². The number of allylic oxidation sites excluding steroid dienone is 1. The topological polar surface area (TPSA) is 88.4 Å². The lowest BCUT2D eigenvalue weighted by atomic mass is 9.66. The third kappa shape index (κ3) is 4.30. The Morgan fingerprint density at radius 2 is 1.88 bits per heavy atom. The summed E-state index contributed by atoms with van der Waals surface area (Å²) >= 11 is 0. The van der Waals surface area contributed by atoms with Crippen molar-refractivity contribution in [2.45, 2.75) is 33.2 Å². The third-order valence-electron chi connectivity index (χ3n) is 6.55. The SMILES string of the molecule is CCOP(=O)(CC1=C2CN(C)C(=O)C2=C(O)C2N=CC(Cc3ccc(F)cc3)=CC12C)OCC. The van der Waals surface area contributed by atoms with E-state index in [1.165, 1.54) is 17.0 Å². The fourth-order valence-electron chi connectivity index (χ4n) is 5.03. The van der Waals surface area contributed by atoms with Gasteiger partial charge in [0.1, 0.15) is 17.6 Å². The maximum Gasteiger partial charge on any atom is 0.334 e. The molecule has 0 spiro atoms. The number of aliphatic hydroxyl groups is 1. The normalized spacial score (nSPS) is 24.5. The van der Waals surface area contributed by atoms with Gasteiger partial charge in [0, 0.05) is 25.2 Å². The molecule has 2 unspecified atom stereocenters.